The van der Waals surface area contributed by atoms with Crippen LogP contribution in [0.4, 0.5) is 37.7 Å². The quantitative estimate of drug-likeness (QED) is 0.598. The Labute approximate surface area is 148 Å². The number of carbonyl (C=O) groups is 2. The minimum absolute atomic E-state index is 0.188. The van der Waals surface area contributed by atoms with Crippen LogP contribution in [0.1, 0.15) is 18.9 Å². The standard InChI is InChI=1S/C15H12F6N4O2/c1-13(5-6-25(24-13)12(27)15(19,20)21)11(26)23-8-3-4-10(22-2)9(7-8)14(16,17)18/h3-4,7,24H,5-6H2,1H3,(H,23,26). The lowest BCUT2D eigenvalue weighted by molar-refractivity contribution is -0.187. The van der Waals surface area contributed by atoms with E-state index in [9.17, 15) is 35.9 Å². The number of hydrogen-bond acceptors (Lipinski definition) is 3. The maximum Gasteiger partial charge on any atom is 0.472 e. The van der Waals surface area contributed by atoms with E-state index in [0.29, 0.717) is 6.07 Å². The molecule has 2 N–H and O–H groups in total. The second-order valence-electron chi connectivity index (χ2n) is 5.94. The van der Waals surface area contributed by atoms with Gasteiger partial charge >= 0.3 is 18.3 Å². The van der Waals surface area contributed by atoms with Gasteiger partial charge in [-0.15, -0.1) is 0 Å². The van der Waals surface area contributed by atoms with Crippen molar-refractivity contribution in [1.29, 1.82) is 0 Å². The van der Waals surface area contributed by atoms with Crippen LogP contribution in [0.3, 0.4) is 0 Å². The van der Waals surface area contributed by atoms with Gasteiger partial charge in [0.1, 0.15) is 5.54 Å². The summed E-state index contributed by atoms with van der Waals surface area (Å²) in [4.78, 5) is 26.3. The highest BCUT2D eigenvalue weighted by atomic mass is 19.4. The molecule has 0 saturated carbocycles. The first-order valence-electron chi connectivity index (χ1n) is 7.34. The molecule has 2 rings (SSSR count). The molecule has 1 atom stereocenters. The summed E-state index contributed by atoms with van der Waals surface area (Å²) < 4.78 is 76.3. The van der Waals surface area contributed by atoms with E-state index in [1.807, 2.05) is 0 Å². The maximum absolute atomic E-state index is 13.0. The Morgan fingerprint density at radius 2 is 1.89 bits per heavy atom. The Morgan fingerprint density at radius 1 is 1.26 bits per heavy atom. The monoisotopic (exact) mass is 394 g/mol. The molecule has 1 fully saturated rings. The normalized spacial score (nSPS) is 20.3. The van der Waals surface area contributed by atoms with Gasteiger partial charge < -0.3 is 5.32 Å². The van der Waals surface area contributed by atoms with Crippen molar-refractivity contribution < 1.29 is 35.9 Å². The fourth-order valence-electron chi connectivity index (χ4n) is 2.42. The lowest BCUT2D eigenvalue weighted by Crippen LogP contribution is -2.55. The third-order valence-electron chi connectivity index (χ3n) is 3.89. The Balaban J connectivity index is 2.18. The average Bonchev–Trinajstić information content (AvgIpc) is 2.96. The van der Waals surface area contributed by atoms with E-state index < -0.39 is 47.5 Å². The van der Waals surface area contributed by atoms with Crippen LogP contribution in [0, 0.1) is 6.57 Å². The second-order valence-corrected chi connectivity index (χ2v) is 5.94. The molecule has 1 unspecified atom stereocenters. The van der Waals surface area contributed by atoms with Crippen LogP contribution >= 0.6 is 0 Å². The van der Waals surface area contributed by atoms with E-state index >= 15 is 0 Å². The molecule has 1 saturated heterocycles. The van der Waals surface area contributed by atoms with Gasteiger partial charge in [0.25, 0.3) is 0 Å². The molecule has 12 heteroatoms. The van der Waals surface area contributed by atoms with Gasteiger partial charge in [-0.05, 0) is 25.5 Å². The highest BCUT2D eigenvalue weighted by Gasteiger charge is 2.49. The highest BCUT2D eigenvalue weighted by molar-refractivity contribution is 5.98. The molecule has 1 aliphatic rings. The molecular weight excluding hydrogens is 382 g/mol. The van der Waals surface area contributed by atoms with Crippen LogP contribution < -0.4 is 10.7 Å². The SMILES string of the molecule is [C-]#[N+]c1ccc(NC(=O)C2(C)CCN(C(=O)C(F)(F)F)N2)cc1C(F)(F)F. The van der Waals surface area contributed by atoms with Crippen molar-refractivity contribution in [3.8, 4) is 0 Å². The van der Waals surface area contributed by atoms with Gasteiger partial charge in [0.15, 0.2) is 5.69 Å². The number of halogens is 6. The fourth-order valence-corrected chi connectivity index (χ4v) is 2.42. The number of carbonyl (C=O) groups excluding carboxylic acids is 2. The zero-order chi connectivity index (χ0) is 20.6. The largest absolute Gasteiger partial charge is 0.472 e. The lowest BCUT2D eigenvalue weighted by atomic mass is 9.99. The number of alkyl halides is 6. The van der Waals surface area contributed by atoms with E-state index in [4.69, 9.17) is 6.57 Å². The molecular formula is C15H12F6N4O2. The van der Waals surface area contributed by atoms with Gasteiger partial charge in [-0.1, -0.05) is 6.07 Å². The molecule has 1 heterocycles. The van der Waals surface area contributed by atoms with Crippen LogP contribution in [0.2, 0.25) is 0 Å². The van der Waals surface area contributed by atoms with Crippen molar-refractivity contribution in [1.82, 2.24) is 10.4 Å². The summed E-state index contributed by atoms with van der Waals surface area (Å²) in [6.07, 6.45) is -10.1. The third-order valence-corrected chi connectivity index (χ3v) is 3.89. The first-order valence-corrected chi connectivity index (χ1v) is 7.34. The minimum Gasteiger partial charge on any atom is -0.325 e. The van der Waals surface area contributed by atoms with Crippen LogP contribution in [-0.4, -0.2) is 35.1 Å². The van der Waals surface area contributed by atoms with Crippen molar-refractivity contribution in [2.75, 3.05) is 11.9 Å². The summed E-state index contributed by atoms with van der Waals surface area (Å²) >= 11 is 0. The molecule has 0 aliphatic carbocycles. The molecule has 146 valence electrons. The number of rotatable bonds is 2. The third kappa shape index (κ3) is 4.30. The van der Waals surface area contributed by atoms with Gasteiger partial charge in [-0.25, -0.2) is 10.3 Å². The Hall–Kier alpha value is -2.81. The smallest absolute Gasteiger partial charge is 0.325 e. The topological polar surface area (TPSA) is 65.8 Å². The summed E-state index contributed by atoms with van der Waals surface area (Å²) in [5, 5.41) is 2.40. The lowest BCUT2D eigenvalue weighted by Gasteiger charge is -2.26. The van der Waals surface area contributed by atoms with Crippen molar-refractivity contribution in [2.45, 2.75) is 31.2 Å². The van der Waals surface area contributed by atoms with Crippen LogP contribution in [0.5, 0.6) is 0 Å². The van der Waals surface area contributed by atoms with Crippen molar-refractivity contribution >= 4 is 23.2 Å². The van der Waals surface area contributed by atoms with E-state index in [-0.39, 0.29) is 17.1 Å². The number of nitrogens with one attached hydrogen (secondary N) is 2. The zero-order valence-corrected chi connectivity index (χ0v) is 13.6. The van der Waals surface area contributed by atoms with Crippen LogP contribution in [0.15, 0.2) is 18.2 Å². The highest BCUT2D eigenvalue weighted by Crippen LogP contribution is 2.38. The van der Waals surface area contributed by atoms with Gasteiger partial charge in [0, 0.05) is 12.2 Å². The summed E-state index contributed by atoms with van der Waals surface area (Å²) in [5.74, 6) is -3.11. The molecule has 6 nitrogen and oxygen atoms in total. The minimum atomic E-state index is -5.13. The van der Waals surface area contributed by atoms with E-state index in [1.54, 1.807) is 0 Å². The van der Waals surface area contributed by atoms with Crippen molar-refractivity contribution in [2.24, 2.45) is 0 Å². The van der Waals surface area contributed by atoms with E-state index in [0.717, 1.165) is 12.1 Å². The summed E-state index contributed by atoms with van der Waals surface area (Å²) in [5.41, 5.74) is -1.70. The summed E-state index contributed by atoms with van der Waals surface area (Å²) in [6.45, 7) is 7.56. The Kier molecular flexibility index (Phi) is 5.11. The number of hydrazine groups is 1. The molecule has 0 radical (unpaired) electrons. The van der Waals surface area contributed by atoms with E-state index in [2.05, 4.69) is 15.6 Å². The zero-order valence-electron chi connectivity index (χ0n) is 13.6. The Bertz CT molecular complexity index is 814. The van der Waals surface area contributed by atoms with Gasteiger partial charge in [-0.3, -0.25) is 14.6 Å². The van der Waals surface area contributed by atoms with Crippen LogP contribution in [-0.2, 0) is 15.8 Å². The average molecular weight is 394 g/mol. The van der Waals surface area contributed by atoms with Gasteiger partial charge in [0.2, 0.25) is 5.91 Å². The summed E-state index contributed by atoms with van der Waals surface area (Å²) in [6, 6.07) is 2.50. The molecule has 1 aliphatic heterocycles. The first kappa shape index (κ1) is 20.5. The predicted octanol–water partition coefficient (Wildman–Crippen LogP) is 3.25. The molecule has 27 heavy (non-hydrogen) atoms. The molecule has 0 spiro atoms. The number of hydrogen-bond donors (Lipinski definition) is 2. The fraction of sp³-hybridized carbons (Fsp3) is 0.400. The molecule has 1 aromatic rings. The Morgan fingerprint density at radius 3 is 2.41 bits per heavy atom. The van der Waals surface area contributed by atoms with E-state index in [1.165, 1.54) is 6.92 Å². The maximum atomic E-state index is 13.0. The van der Waals surface area contributed by atoms with Crippen molar-refractivity contribution in [3.05, 3.63) is 35.2 Å². The number of amides is 2. The van der Waals surface area contributed by atoms with Gasteiger partial charge in [0.05, 0.1) is 12.1 Å². The predicted molar refractivity (Wildman–Crippen MR) is 80.3 cm³/mol. The van der Waals surface area contributed by atoms with Crippen LogP contribution in [0.25, 0.3) is 4.85 Å². The summed E-state index contributed by atoms with van der Waals surface area (Å²) in [7, 11) is 0. The second kappa shape index (κ2) is 6.73. The molecule has 2 amide bonds. The number of anilines is 1. The first-order chi connectivity index (χ1) is 12.3. The molecule has 1 aromatic carbocycles. The van der Waals surface area contributed by atoms with Crippen molar-refractivity contribution in [3.63, 3.8) is 0 Å². The molecule has 0 bridgehead atoms. The molecule has 0 aromatic heterocycles. The van der Waals surface area contributed by atoms with Gasteiger partial charge in [-0.2, -0.15) is 26.3 Å². The number of nitrogens with zero attached hydrogens (tertiary/aromatic N) is 2. The number of benzene rings is 1.